The number of anilines is 1. The Morgan fingerprint density at radius 2 is 1.85 bits per heavy atom. The molecule has 0 aromatic heterocycles. The van der Waals surface area contributed by atoms with Crippen molar-refractivity contribution in [3.8, 4) is 11.5 Å². The summed E-state index contributed by atoms with van der Waals surface area (Å²) in [7, 11) is 0. The molecule has 1 fully saturated rings. The molecule has 1 atom stereocenters. The highest BCUT2D eigenvalue weighted by Gasteiger charge is 2.24. The van der Waals surface area contributed by atoms with Crippen LogP contribution in [0.3, 0.4) is 0 Å². The second-order valence-corrected chi connectivity index (χ2v) is 5.58. The Morgan fingerprint density at radius 3 is 2.60 bits per heavy atom. The Kier molecular flexibility index (Phi) is 4.01. The average Bonchev–Trinajstić information content (AvgIpc) is 2.54. The molecule has 3 rings (SSSR count). The lowest BCUT2D eigenvalue weighted by atomic mass is 10.1. The fourth-order valence-corrected chi connectivity index (χ4v) is 2.97. The van der Waals surface area contributed by atoms with Gasteiger partial charge < -0.3 is 14.4 Å². The van der Waals surface area contributed by atoms with E-state index in [1.807, 2.05) is 6.07 Å². The van der Waals surface area contributed by atoms with Crippen LogP contribution >= 0.6 is 0 Å². The van der Waals surface area contributed by atoms with Gasteiger partial charge in [0.25, 0.3) is 0 Å². The number of hydrogen-bond donors (Lipinski definition) is 0. The van der Waals surface area contributed by atoms with Crippen molar-refractivity contribution in [2.45, 2.75) is 26.3 Å². The first-order valence-corrected chi connectivity index (χ1v) is 7.67. The molecule has 0 unspecified atom stereocenters. The highest BCUT2D eigenvalue weighted by molar-refractivity contribution is 5.65. The van der Waals surface area contributed by atoms with Gasteiger partial charge in [-0.25, -0.2) is 0 Å². The van der Waals surface area contributed by atoms with Crippen molar-refractivity contribution >= 4 is 5.69 Å². The van der Waals surface area contributed by atoms with Crippen molar-refractivity contribution in [2.24, 2.45) is 0 Å². The third-order valence-electron chi connectivity index (χ3n) is 4.41. The number of ether oxygens (including phenoxy) is 2. The zero-order valence-electron chi connectivity index (χ0n) is 12.5. The van der Waals surface area contributed by atoms with E-state index in [4.69, 9.17) is 9.47 Å². The Morgan fingerprint density at radius 1 is 1.10 bits per heavy atom. The second kappa shape index (κ2) is 5.92. The summed E-state index contributed by atoms with van der Waals surface area (Å²) in [6.07, 6.45) is 1.22. The van der Waals surface area contributed by atoms with E-state index >= 15 is 0 Å². The van der Waals surface area contributed by atoms with Crippen molar-refractivity contribution in [3.05, 3.63) is 18.2 Å². The number of rotatable bonds is 3. The summed E-state index contributed by atoms with van der Waals surface area (Å²) in [4.78, 5) is 5.00. The van der Waals surface area contributed by atoms with E-state index in [2.05, 4.69) is 35.8 Å². The molecule has 0 saturated carbocycles. The lowest BCUT2D eigenvalue weighted by Gasteiger charge is -2.39. The molecule has 1 saturated heterocycles. The molecule has 4 heteroatoms. The maximum absolute atomic E-state index is 5.82. The Labute approximate surface area is 121 Å². The van der Waals surface area contributed by atoms with E-state index in [0.29, 0.717) is 19.3 Å². The third-order valence-corrected chi connectivity index (χ3v) is 4.41. The quantitative estimate of drug-likeness (QED) is 0.846. The van der Waals surface area contributed by atoms with Gasteiger partial charge in [0.1, 0.15) is 13.2 Å². The van der Waals surface area contributed by atoms with E-state index in [1.165, 1.54) is 12.1 Å². The predicted molar refractivity (Wildman–Crippen MR) is 81.0 cm³/mol. The number of benzene rings is 1. The van der Waals surface area contributed by atoms with Gasteiger partial charge in [-0.3, -0.25) is 4.90 Å². The van der Waals surface area contributed by atoms with Gasteiger partial charge in [0.05, 0.1) is 5.69 Å². The largest absolute Gasteiger partial charge is 0.486 e. The number of piperazine rings is 1. The zero-order chi connectivity index (χ0) is 13.9. The van der Waals surface area contributed by atoms with Crippen molar-refractivity contribution in [3.63, 3.8) is 0 Å². The van der Waals surface area contributed by atoms with E-state index in [9.17, 15) is 0 Å². The molecule has 2 aliphatic rings. The highest BCUT2D eigenvalue weighted by Crippen LogP contribution is 2.39. The molecular weight excluding hydrogens is 252 g/mol. The van der Waals surface area contributed by atoms with Crippen LogP contribution in [0.2, 0.25) is 0 Å². The molecule has 1 aromatic carbocycles. The van der Waals surface area contributed by atoms with Crippen LogP contribution in [0.5, 0.6) is 11.5 Å². The molecule has 2 aliphatic heterocycles. The number of para-hydroxylation sites is 1. The van der Waals surface area contributed by atoms with E-state index in [1.54, 1.807) is 0 Å². The van der Waals surface area contributed by atoms with Crippen molar-refractivity contribution in [1.29, 1.82) is 0 Å². The normalized spacial score (nSPS) is 20.8. The Bertz CT molecular complexity index is 456. The Balaban J connectivity index is 1.72. The summed E-state index contributed by atoms with van der Waals surface area (Å²) in [6, 6.07) is 6.88. The van der Waals surface area contributed by atoms with Crippen LogP contribution in [-0.4, -0.2) is 50.3 Å². The summed E-state index contributed by atoms with van der Waals surface area (Å²) in [5.41, 5.74) is 1.19. The minimum Gasteiger partial charge on any atom is -0.486 e. The van der Waals surface area contributed by atoms with E-state index in [-0.39, 0.29) is 0 Å². The number of hydrogen-bond acceptors (Lipinski definition) is 4. The predicted octanol–water partition coefficient (Wildman–Crippen LogP) is 2.38. The molecule has 2 heterocycles. The van der Waals surface area contributed by atoms with Crippen molar-refractivity contribution in [1.82, 2.24) is 4.90 Å². The fraction of sp³-hybridized carbons (Fsp3) is 0.625. The number of nitrogens with zero attached hydrogens (tertiary/aromatic N) is 2. The molecule has 1 aromatic rings. The molecule has 110 valence electrons. The SMILES string of the molecule is CC[C@@H](C)N1CCN(c2cccc3c2OCCO3)CC1. The van der Waals surface area contributed by atoms with Gasteiger partial charge >= 0.3 is 0 Å². The molecule has 0 bridgehead atoms. The van der Waals surface area contributed by atoms with Crippen molar-refractivity contribution < 1.29 is 9.47 Å². The van der Waals surface area contributed by atoms with Crippen LogP contribution in [0.15, 0.2) is 18.2 Å². The molecular formula is C16H24N2O2. The van der Waals surface area contributed by atoms with Gasteiger partial charge in [0.2, 0.25) is 0 Å². The number of fused-ring (bicyclic) bond motifs is 1. The minimum atomic E-state index is 0.650. The first-order valence-electron chi connectivity index (χ1n) is 7.67. The van der Waals surface area contributed by atoms with Gasteiger partial charge in [-0.2, -0.15) is 0 Å². The molecule has 0 aliphatic carbocycles. The molecule has 4 nitrogen and oxygen atoms in total. The van der Waals surface area contributed by atoms with Crippen molar-refractivity contribution in [2.75, 3.05) is 44.3 Å². The zero-order valence-corrected chi connectivity index (χ0v) is 12.5. The summed E-state index contributed by atoms with van der Waals surface area (Å²) in [6.45, 7) is 10.2. The van der Waals surface area contributed by atoms with E-state index in [0.717, 1.165) is 37.7 Å². The van der Waals surface area contributed by atoms with Gasteiger partial charge in [-0.05, 0) is 25.5 Å². The molecule has 0 N–H and O–H groups in total. The summed E-state index contributed by atoms with van der Waals surface area (Å²) in [5.74, 6) is 1.81. The lowest BCUT2D eigenvalue weighted by molar-refractivity contribution is 0.169. The average molecular weight is 276 g/mol. The first kappa shape index (κ1) is 13.6. The van der Waals surface area contributed by atoms with Crippen LogP contribution < -0.4 is 14.4 Å². The fourth-order valence-electron chi connectivity index (χ4n) is 2.97. The second-order valence-electron chi connectivity index (χ2n) is 5.58. The highest BCUT2D eigenvalue weighted by atomic mass is 16.6. The summed E-state index contributed by atoms with van der Waals surface area (Å²) in [5, 5.41) is 0. The van der Waals surface area contributed by atoms with Gasteiger partial charge in [0.15, 0.2) is 11.5 Å². The monoisotopic (exact) mass is 276 g/mol. The third kappa shape index (κ3) is 2.57. The van der Waals surface area contributed by atoms with Gasteiger partial charge in [0, 0.05) is 32.2 Å². The van der Waals surface area contributed by atoms with Crippen LogP contribution in [-0.2, 0) is 0 Å². The summed E-state index contributed by atoms with van der Waals surface area (Å²) < 4.78 is 11.5. The topological polar surface area (TPSA) is 24.9 Å². The van der Waals surface area contributed by atoms with Crippen LogP contribution in [0.4, 0.5) is 5.69 Å². The van der Waals surface area contributed by atoms with Crippen LogP contribution in [0, 0.1) is 0 Å². The molecule has 0 amide bonds. The maximum Gasteiger partial charge on any atom is 0.184 e. The molecule has 0 spiro atoms. The van der Waals surface area contributed by atoms with E-state index < -0.39 is 0 Å². The summed E-state index contributed by atoms with van der Waals surface area (Å²) >= 11 is 0. The van der Waals surface area contributed by atoms with Gasteiger partial charge in [-0.1, -0.05) is 13.0 Å². The lowest BCUT2D eigenvalue weighted by Crippen LogP contribution is -2.49. The molecule has 0 radical (unpaired) electrons. The standard InChI is InChI=1S/C16H24N2O2/c1-3-13(2)17-7-9-18(10-8-17)14-5-4-6-15-16(14)20-12-11-19-15/h4-6,13H,3,7-12H2,1-2H3/t13-/m1/s1. The smallest absolute Gasteiger partial charge is 0.184 e. The Hall–Kier alpha value is -1.42. The van der Waals surface area contributed by atoms with Crippen LogP contribution in [0.1, 0.15) is 20.3 Å². The maximum atomic E-state index is 5.82. The van der Waals surface area contributed by atoms with Crippen LogP contribution in [0.25, 0.3) is 0 Å². The minimum absolute atomic E-state index is 0.650. The molecule has 20 heavy (non-hydrogen) atoms. The first-order chi connectivity index (χ1) is 9.79. The van der Waals surface area contributed by atoms with Gasteiger partial charge in [-0.15, -0.1) is 0 Å².